The summed E-state index contributed by atoms with van der Waals surface area (Å²) < 4.78 is -0.127. The lowest BCUT2D eigenvalue weighted by molar-refractivity contribution is -0.840. The van der Waals surface area contributed by atoms with Gasteiger partial charge in [-0.1, -0.05) is 149 Å². The van der Waals surface area contributed by atoms with E-state index in [9.17, 15) is 5.21 Å². The molecule has 0 aliphatic heterocycles. The first-order valence-corrected chi connectivity index (χ1v) is 15.4. The number of quaternary nitrogens is 1. The Kier molecular flexibility index (Phi) is 32.7. The topological polar surface area (TPSA) is 55.3 Å². The first-order chi connectivity index (χ1) is 16.5. The third kappa shape index (κ3) is 39.1. The maximum absolute atomic E-state index is 11.3. The van der Waals surface area contributed by atoms with Gasteiger partial charge in [-0.15, -0.1) is 0 Å². The minimum atomic E-state index is -0.127. The molecule has 0 aromatic rings. The average molecular weight is 487 g/mol. The van der Waals surface area contributed by atoms with Gasteiger partial charge in [-0.25, -0.2) is 5.48 Å². The number of hydroxylamine groups is 4. The van der Waals surface area contributed by atoms with E-state index in [1.165, 1.54) is 141 Å². The van der Waals surface area contributed by atoms with Crippen LogP contribution >= 0.6 is 0 Å². The maximum Gasteiger partial charge on any atom is 0.0779 e. The molecule has 0 aliphatic rings. The molecule has 0 heterocycles. The number of hydrogen-bond acceptors (Lipinski definition) is 3. The molecule has 0 rings (SSSR count). The molecule has 4 nitrogen and oxygen atoms in total. The number of rotatable bonds is 26. The lowest BCUT2D eigenvalue weighted by atomic mass is 10.1. The molecule has 0 saturated heterocycles. The fraction of sp³-hybridized carbons (Fsp3) is 1.00. The predicted molar refractivity (Wildman–Crippen MR) is 152 cm³/mol. The molecule has 0 spiro atoms. The quantitative estimate of drug-likeness (QED) is 0.0726. The maximum atomic E-state index is 11.3. The van der Waals surface area contributed by atoms with Gasteiger partial charge < -0.3 is 15.1 Å². The standard InChI is InChI=1S/C16H35NO.C14H31NO/c1-4-5-6-7-8-9-10-11-12-13-14-15-16-17(2,3)18;1-2-3-4-5-6-7-8-9-10-11-12-13-14-15-16/h4-16H2,1-3H3;15-16H,2-14H2,1H3. The van der Waals surface area contributed by atoms with E-state index in [4.69, 9.17) is 5.21 Å². The lowest BCUT2D eigenvalue weighted by Crippen LogP contribution is -2.32. The smallest absolute Gasteiger partial charge is 0.0779 e. The second-order valence-corrected chi connectivity index (χ2v) is 11.0. The van der Waals surface area contributed by atoms with Crippen molar-refractivity contribution < 1.29 is 9.85 Å². The van der Waals surface area contributed by atoms with Gasteiger partial charge in [0.1, 0.15) is 0 Å². The van der Waals surface area contributed by atoms with Crippen LogP contribution in [0, 0.1) is 5.21 Å². The minimum absolute atomic E-state index is 0.127. The Balaban J connectivity index is 0. The van der Waals surface area contributed by atoms with Crippen LogP contribution in [0.2, 0.25) is 0 Å². The van der Waals surface area contributed by atoms with Crippen molar-refractivity contribution in [3.05, 3.63) is 5.21 Å². The zero-order chi connectivity index (χ0) is 25.6. The van der Waals surface area contributed by atoms with Crippen LogP contribution in [0.3, 0.4) is 0 Å². The molecule has 2 N–H and O–H groups in total. The lowest BCUT2D eigenvalue weighted by Gasteiger charge is -2.33. The summed E-state index contributed by atoms with van der Waals surface area (Å²) in [5.74, 6) is 0. The van der Waals surface area contributed by atoms with E-state index in [1.807, 2.05) is 0 Å². The third-order valence-corrected chi connectivity index (χ3v) is 6.69. The largest absolute Gasteiger partial charge is 0.633 e. The van der Waals surface area contributed by atoms with Crippen LogP contribution < -0.4 is 5.48 Å². The van der Waals surface area contributed by atoms with Crippen molar-refractivity contribution in [2.75, 3.05) is 27.2 Å². The predicted octanol–water partition coefficient (Wildman–Crippen LogP) is 9.93. The van der Waals surface area contributed by atoms with Gasteiger partial charge in [0.25, 0.3) is 0 Å². The molecular weight excluding hydrogens is 420 g/mol. The van der Waals surface area contributed by atoms with Gasteiger partial charge in [0.15, 0.2) is 0 Å². The van der Waals surface area contributed by atoms with Crippen molar-refractivity contribution >= 4 is 0 Å². The summed E-state index contributed by atoms with van der Waals surface area (Å²) in [5, 5.41) is 19.7. The highest BCUT2D eigenvalue weighted by Gasteiger charge is 2.00. The molecule has 0 radical (unpaired) electrons. The third-order valence-electron chi connectivity index (χ3n) is 6.69. The summed E-state index contributed by atoms with van der Waals surface area (Å²) in [6, 6.07) is 0. The fourth-order valence-electron chi connectivity index (χ4n) is 4.38. The Morgan fingerprint density at radius 1 is 0.471 bits per heavy atom. The van der Waals surface area contributed by atoms with E-state index in [-0.39, 0.29) is 4.65 Å². The van der Waals surface area contributed by atoms with Gasteiger partial charge in [-0.2, -0.15) is 0 Å². The van der Waals surface area contributed by atoms with Crippen molar-refractivity contribution in [1.82, 2.24) is 5.48 Å². The van der Waals surface area contributed by atoms with Crippen LogP contribution in [0.1, 0.15) is 168 Å². The fourth-order valence-corrected chi connectivity index (χ4v) is 4.38. The summed E-state index contributed by atoms with van der Waals surface area (Å²) in [5.41, 5.74) is 2.20. The average Bonchev–Trinajstić information content (AvgIpc) is 2.80. The molecular formula is C30H66N2O2. The van der Waals surface area contributed by atoms with Gasteiger partial charge in [0, 0.05) is 6.54 Å². The summed E-state index contributed by atoms with van der Waals surface area (Å²) in [4.78, 5) is 0. The number of unbranched alkanes of at least 4 members (excludes halogenated alkanes) is 22. The molecule has 0 amide bonds. The van der Waals surface area contributed by atoms with Crippen LogP contribution in [-0.2, 0) is 0 Å². The van der Waals surface area contributed by atoms with Crippen molar-refractivity contribution in [3.8, 4) is 0 Å². The van der Waals surface area contributed by atoms with E-state index in [2.05, 4.69) is 19.3 Å². The molecule has 0 atom stereocenters. The van der Waals surface area contributed by atoms with E-state index < -0.39 is 0 Å². The molecule has 0 saturated carbocycles. The normalized spacial score (nSPS) is 11.5. The molecule has 208 valence electrons. The van der Waals surface area contributed by atoms with Gasteiger partial charge in [0.2, 0.25) is 0 Å². The van der Waals surface area contributed by atoms with Crippen LogP contribution in [0.15, 0.2) is 0 Å². The van der Waals surface area contributed by atoms with Crippen LogP contribution in [0.4, 0.5) is 0 Å². The molecule has 0 fully saturated rings. The Bertz CT molecular complexity index is 331. The van der Waals surface area contributed by atoms with Crippen molar-refractivity contribution in [2.45, 2.75) is 168 Å². The van der Waals surface area contributed by atoms with Gasteiger partial charge in [0.05, 0.1) is 20.6 Å². The first kappa shape index (κ1) is 36.0. The molecule has 0 bridgehead atoms. The van der Waals surface area contributed by atoms with Gasteiger partial charge >= 0.3 is 0 Å². The van der Waals surface area contributed by atoms with E-state index in [1.54, 1.807) is 14.1 Å². The Morgan fingerprint density at radius 3 is 1.00 bits per heavy atom. The number of nitrogens with one attached hydrogen (secondary N) is 1. The zero-order valence-corrected chi connectivity index (χ0v) is 24.2. The summed E-state index contributed by atoms with van der Waals surface area (Å²) in [6.07, 6.45) is 32.7. The molecule has 0 unspecified atom stereocenters. The highest BCUT2D eigenvalue weighted by atomic mass is 16.5. The number of nitrogens with zero attached hydrogens (tertiary/aromatic N) is 1. The molecule has 0 aromatic heterocycles. The summed E-state index contributed by atoms with van der Waals surface area (Å²) >= 11 is 0. The highest BCUT2D eigenvalue weighted by molar-refractivity contribution is 4.50. The molecule has 0 aliphatic carbocycles. The van der Waals surface area contributed by atoms with Crippen molar-refractivity contribution in [2.24, 2.45) is 0 Å². The SMILES string of the molecule is CCCCCCCCCCCCCCNO.CCCCCCCCCCCCCC[N+](C)(C)[O-]. The molecule has 34 heavy (non-hydrogen) atoms. The van der Waals surface area contributed by atoms with Crippen LogP contribution in [0.5, 0.6) is 0 Å². The van der Waals surface area contributed by atoms with Gasteiger partial charge in [-0.05, 0) is 19.3 Å². The Morgan fingerprint density at radius 2 is 0.735 bits per heavy atom. The highest BCUT2D eigenvalue weighted by Crippen LogP contribution is 2.13. The second kappa shape index (κ2) is 30.9. The van der Waals surface area contributed by atoms with E-state index in [0.717, 1.165) is 25.9 Å². The number of hydrogen-bond donors (Lipinski definition) is 2. The first-order valence-electron chi connectivity index (χ1n) is 15.4. The summed E-state index contributed by atoms with van der Waals surface area (Å²) in [6.45, 7) is 6.06. The molecule has 0 aromatic carbocycles. The van der Waals surface area contributed by atoms with Crippen molar-refractivity contribution in [1.29, 1.82) is 0 Å². The van der Waals surface area contributed by atoms with Crippen molar-refractivity contribution in [3.63, 3.8) is 0 Å². The van der Waals surface area contributed by atoms with Crippen LogP contribution in [0.25, 0.3) is 0 Å². The second-order valence-electron chi connectivity index (χ2n) is 11.0. The Labute approximate surface area is 215 Å². The van der Waals surface area contributed by atoms with Gasteiger partial charge in [-0.3, -0.25) is 0 Å². The van der Waals surface area contributed by atoms with E-state index >= 15 is 0 Å². The summed E-state index contributed by atoms with van der Waals surface area (Å²) in [7, 11) is 3.47. The Hall–Kier alpha value is -0.160. The van der Waals surface area contributed by atoms with Crippen LogP contribution in [-0.4, -0.2) is 37.0 Å². The monoisotopic (exact) mass is 487 g/mol. The van der Waals surface area contributed by atoms with E-state index in [0.29, 0.717) is 0 Å². The zero-order valence-electron chi connectivity index (χ0n) is 24.2. The molecule has 4 heteroatoms. The minimum Gasteiger partial charge on any atom is -0.633 e.